The summed E-state index contributed by atoms with van der Waals surface area (Å²) in [7, 11) is 5.07. The molecular weight excluding hydrogens is 242 g/mol. The number of ether oxygens (including phenoxy) is 2. The summed E-state index contributed by atoms with van der Waals surface area (Å²) in [6.45, 7) is 5.18. The highest BCUT2D eigenvalue weighted by molar-refractivity contribution is 5.76. The Morgan fingerprint density at radius 2 is 2.00 bits per heavy atom. The fraction of sp³-hybridized carbons (Fsp3) is 0.533. The molecule has 0 aliphatic carbocycles. The van der Waals surface area contributed by atoms with Crippen molar-refractivity contribution in [1.29, 1.82) is 0 Å². The molecule has 0 spiro atoms. The standard InChI is InChI=1S/C15H23NO3/c1-15(2,14(17)19-5)11-16(3)10-12-7-6-8-13(9-12)18-4/h6-9H,10-11H2,1-5H3. The maximum Gasteiger partial charge on any atom is 0.312 e. The van der Waals surface area contributed by atoms with Gasteiger partial charge < -0.3 is 14.4 Å². The van der Waals surface area contributed by atoms with Crippen LogP contribution >= 0.6 is 0 Å². The third-order valence-electron chi connectivity index (χ3n) is 2.99. The van der Waals surface area contributed by atoms with Gasteiger partial charge in [-0.05, 0) is 38.6 Å². The quantitative estimate of drug-likeness (QED) is 0.740. The normalized spacial score (nSPS) is 11.5. The van der Waals surface area contributed by atoms with Gasteiger partial charge in [-0.25, -0.2) is 0 Å². The molecule has 0 saturated heterocycles. The lowest BCUT2D eigenvalue weighted by Crippen LogP contribution is -2.37. The largest absolute Gasteiger partial charge is 0.497 e. The molecule has 1 aromatic rings. The fourth-order valence-electron chi connectivity index (χ4n) is 2.15. The predicted molar refractivity (Wildman–Crippen MR) is 75.1 cm³/mol. The third kappa shape index (κ3) is 4.56. The first-order valence-corrected chi connectivity index (χ1v) is 6.29. The van der Waals surface area contributed by atoms with Crippen LogP contribution in [0.1, 0.15) is 19.4 Å². The summed E-state index contributed by atoms with van der Waals surface area (Å²) in [6.07, 6.45) is 0. The van der Waals surface area contributed by atoms with Gasteiger partial charge in [0.1, 0.15) is 5.75 Å². The number of rotatable bonds is 6. The number of carbonyl (C=O) groups excluding carboxylic acids is 1. The Balaban J connectivity index is 2.64. The number of benzene rings is 1. The second kappa shape index (κ2) is 6.57. The molecule has 19 heavy (non-hydrogen) atoms. The van der Waals surface area contributed by atoms with Crippen LogP contribution in [0.5, 0.6) is 5.75 Å². The van der Waals surface area contributed by atoms with Crippen LogP contribution < -0.4 is 4.74 Å². The first-order chi connectivity index (χ1) is 8.89. The molecular formula is C15H23NO3. The number of nitrogens with zero attached hydrogens (tertiary/aromatic N) is 1. The fourth-order valence-corrected chi connectivity index (χ4v) is 2.15. The molecule has 106 valence electrons. The van der Waals surface area contributed by atoms with Crippen molar-refractivity contribution in [3.63, 3.8) is 0 Å². The Hall–Kier alpha value is -1.55. The van der Waals surface area contributed by atoms with E-state index in [4.69, 9.17) is 9.47 Å². The van der Waals surface area contributed by atoms with Crippen molar-refractivity contribution in [2.24, 2.45) is 5.41 Å². The minimum atomic E-state index is -0.512. The van der Waals surface area contributed by atoms with Crippen molar-refractivity contribution in [3.05, 3.63) is 29.8 Å². The molecule has 0 unspecified atom stereocenters. The molecule has 0 bridgehead atoms. The topological polar surface area (TPSA) is 38.8 Å². The molecule has 0 amide bonds. The van der Waals surface area contributed by atoms with Gasteiger partial charge in [0.05, 0.1) is 19.6 Å². The van der Waals surface area contributed by atoms with Crippen LogP contribution in [0.4, 0.5) is 0 Å². The Labute approximate surface area is 115 Å². The van der Waals surface area contributed by atoms with Crippen LogP contribution in [0, 0.1) is 5.41 Å². The van der Waals surface area contributed by atoms with Crippen LogP contribution in [0.15, 0.2) is 24.3 Å². The molecule has 1 rings (SSSR count). The van der Waals surface area contributed by atoms with E-state index in [0.717, 1.165) is 17.9 Å². The summed E-state index contributed by atoms with van der Waals surface area (Å²) in [4.78, 5) is 13.8. The number of hydrogen-bond acceptors (Lipinski definition) is 4. The monoisotopic (exact) mass is 265 g/mol. The van der Waals surface area contributed by atoms with E-state index in [1.807, 2.05) is 45.2 Å². The van der Waals surface area contributed by atoms with E-state index in [1.54, 1.807) is 7.11 Å². The lowest BCUT2D eigenvalue weighted by atomic mass is 9.93. The van der Waals surface area contributed by atoms with E-state index in [-0.39, 0.29) is 5.97 Å². The summed E-state index contributed by atoms with van der Waals surface area (Å²) in [5, 5.41) is 0. The Bertz CT molecular complexity index is 429. The summed E-state index contributed by atoms with van der Waals surface area (Å²) < 4.78 is 10.0. The Morgan fingerprint density at radius 3 is 2.58 bits per heavy atom. The van der Waals surface area contributed by atoms with Crippen molar-refractivity contribution in [2.75, 3.05) is 27.8 Å². The molecule has 0 aromatic heterocycles. The van der Waals surface area contributed by atoms with Crippen LogP contribution in [0.2, 0.25) is 0 Å². The lowest BCUT2D eigenvalue weighted by Gasteiger charge is -2.27. The first kappa shape index (κ1) is 15.5. The zero-order valence-electron chi connectivity index (χ0n) is 12.4. The average Bonchev–Trinajstić information content (AvgIpc) is 2.37. The van der Waals surface area contributed by atoms with Crippen molar-refractivity contribution in [1.82, 2.24) is 4.90 Å². The predicted octanol–water partition coefficient (Wildman–Crippen LogP) is 2.33. The summed E-state index contributed by atoms with van der Waals surface area (Å²) in [6, 6.07) is 7.93. The smallest absolute Gasteiger partial charge is 0.312 e. The minimum absolute atomic E-state index is 0.190. The van der Waals surface area contributed by atoms with Crippen LogP contribution in [-0.4, -0.2) is 38.7 Å². The van der Waals surface area contributed by atoms with Crippen LogP contribution in [0.25, 0.3) is 0 Å². The lowest BCUT2D eigenvalue weighted by molar-refractivity contribution is -0.151. The molecule has 0 N–H and O–H groups in total. The van der Waals surface area contributed by atoms with Gasteiger partial charge >= 0.3 is 5.97 Å². The highest BCUT2D eigenvalue weighted by Gasteiger charge is 2.29. The maximum atomic E-state index is 11.7. The van der Waals surface area contributed by atoms with Crippen molar-refractivity contribution < 1.29 is 14.3 Å². The van der Waals surface area contributed by atoms with E-state index in [1.165, 1.54) is 7.11 Å². The summed E-state index contributed by atoms with van der Waals surface area (Å²) in [5.41, 5.74) is 0.644. The number of carbonyl (C=O) groups is 1. The minimum Gasteiger partial charge on any atom is -0.497 e. The molecule has 0 saturated carbocycles. The highest BCUT2D eigenvalue weighted by Crippen LogP contribution is 2.20. The molecule has 0 fully saturated rings. The van der Waals surface area contributed by atoms with E-state index in [9.17, 15) is 4.79 Å². The first-order valence-electron chi connectivity index (χ1n) is 6.29. The molecule has 0 aliphatic rings. The average molecular weight is 265 g/mol. The van der Waals surface area contributed by atoms with Crippen LogP contribution in [-0.2, 0) is 16.1 Å². The molecule has 0 radical (unpaired) electrons. The second-order valence-electron chi connectivity index (χ2n) is 5.40. The second-order valence-corrected chi connectivity index (χ2v) is 5.40. The summed E-state index contributed by atoms with van der Waals surface area (Å²) >= 11 is 0. The van der Waals surface area contributed by atoms with Gasteiger partial charge in [-0.3, -0.25) is 4.79 Å². The van der Waals surface area contributed by atoms with Gasteiger partial charge in [0.15, 0.2) is 0 Å². The molecule has 4 nitrogen and oxygen atoms in total. The van der Waals surface area contributed by atoms with E-state index < -0.39 is 5.41 Å². The summed E-state index contributed by atoms with van der Waals surface area (Å²) in [5.74, 6) is 0.656. The highest BCUT2D eigenvalue weighted by atomic mass is 16.5. The van der Waals surface area contributed by atoms with E-state index in [2.05, 4.69) is 4.90 Å². The van der Waals surface area contributed by atoms with Gasteiger partial charge in [-0.15, -0.1) is 0 Å². The molecule has 0 heterocycles. The van der Waals surface area contributed by atoms with Gasteiger partial charge in [-0.1, -0.05) is 12.1 Å². The Kier molecular flexibility index (Phi) is 5.36. The zero-order valence-corrected chi connectivity index (χ0v) is 12.4. The van der Waals surface area contributed by atoms with Gasteiger partial charge in [0.25, 0.3) is 0 Å². The van der Waals surface area contributed by atoms with Gasteiger partial charge in [0, 0.05) is 13.1 Å². The number of hydrogen-bond donors (Lipinski definition) is 0. The molecule has 4 heteroatoms. The molecule has 0 aliphatic heterocycles. The third-order valence-corrected chi connectivity index (χ3v) is 2.99. The maximum absolute atomic E-state index is 11.7. The Morgan fingerprint density at radius 1 is 1.32 bits per heavy atom. The van der Waals surface area contributed by atoms with Gasteiger partial charge in [-0.2, -0.15) is 0 Å². The molecule has 0 atom stereocenters. The van der Waals surface area contributed by atoms with E-state index in [0.29, 0.717) is 6.54 Å². The van der Waals surface area contributed by atoms with Crippen LogP contribution in [0.3, 0.4) is 0 Å². The van der Waals surface area contributed by atoms with Crippen molar-refractivity contribution >= 4 is 5.97 Å². The SMILES string of the molecule is COC(=O)C(C)(C)CN(C)Cc1cccc(OC)c1. The number of methoxy groups -OCH3 is 2. The zero-order chi connectivity index (χ0) is 14.5. The van der Waals surface area contributed by atoms with E-state index >= 15 is 0 Å². The van der Waals surface area contributed by atoms with Crippen molar-refractivity contribution in [3.8, 4) is 5.75 Å². The van der Waals surface area contributed by atoms with Gasteiger partial charge in [0.2, 0.25) is 0 Å². The number of esters is 1. The van der Waals surface area contributed by atoms with Crippen molar-refractivity contribution in [2.45, 2.75) is 20.4 Å². The molecule has 1 aromatic carbocycles.